The first kappa shape index (κ1) is 20.7. The molecule has 5 nitrogen and oxygen atoms in total. The van der Waals surface area contributed by atoms with E-state index in [1.807, 2.05) is 11.0 Å². The van der Waals surface area contributed by atoms with Crippen molar-refractivity contribution in [3.05, 3.63) is 40.9 Å². The Hall–Kier alpha value is -2.01. The van der Waals surface area contributed by atoms with Crippen molar-refractivity contribution >= 4 is 29.2 Å². The second kappa shape index (κ2) is 8.16. The van der Waals surface area contributed by atoms with E-state index in [1.165, 1.54) is 5.57 Å². The van der Waals surface area contributed by atoms with Gasteiger partial charge in [0.2, 0.25) is 5.91 Å². The zero-order chi connectivity index (χ0) is 20.5. The normalized spacial score (nSPS) is 23.6. The highest BCUT2D eigenvalue weighted by molar-refractivity contribution is 6.30. The molecule has 3 rings (SSSR count). The van der Waals surface area contributed by atoms with Gasteiger partial charge in [-0.25, -0.2) is 4.79 Å². The lowest BCUT2D eigenvalue weighted by Crippen LogP contribution is -2.40. The van der Waals surface area contributed by atoms with Gasteiger partial charge in [-0.2, -0.15) is 0 Å². The average molecular weight is 404 g/mol. The number of anilines is 1. The van der Waals surface area contributed by atoms with E-state index in [-0.39, 0.29) is 23.3 Å². The Labute approximate surface area is 172 Å². The van der Waals surface area contributed by atoms with Gasteiger partial charge in [-0.3, -0.25) is 4.79 Å². The number of hydrogen-bond donors (Lipinski definition) is 1. The Morgan fingerprint density at radius 3 is 2.50 bits per heavy atom. The van der Waals surface area contributed by atoms with Gasteiger partial charge in [0.25, 0.3) is 0 Å². The molecule has 2 fully saturated rings. The van der Waals surface area contributed by atoms with E-state index in [2.05, 4.69) is 39.1 Å². The number of amides is 3. The molecule has 1 aliphatic heterocycles. The van der Waals surface area contributed by atoms with Gasteiger partial charge in [0, 0.05) is 36.9 Å². The number of carbonyl (C=O) groups excluding carboxylic acids is 2. The maximum Gasteiger partial charge on any atom is 0.321 e. The summed E-state index contributed by atoms with van der Waals surface area (Å²) in [5, 5.41) is 3.48. The van der Waals surface area contributed by atoms with Gasteiger partial charge in [0.15, 0.2) is 0 Å². The van der Waals surface area contributed by atoms with Gasteiger partial charge in [-0.05, 0) is 49.8 Å². The van der Waals surface area contributed by atoms with Gasteiger partial charge in [-0.15, -0.1) is 0 Å². The lowest BCUT2D eigenvalue weighted by Gasteiger charge is -2.23. The summed E-state index contributed by atoms with van der Waals surface area (Å²) in [6.07, 6.45) is 3.01. The number of allylic oxidation sites excluding steroid dienone is 2. The third-order valence-electron chi connectivity index (χ3n) is 5.86. The summed E-state index contributed by atoms with van der Waals surface area (Å²) in [7, 11) is 0. The van der Waals surface area contributed by atoms with Gasteiger partial charge in [0.05, 0.1) is 5.92 Å². The number of urea groups is 1. The number of benzene rings is 1. The third-order valence-corrected chi connectivity index (χ3v) is 6.10. The molecule has 0 bridgehead atoms. The fraction of sp³-hybridized carbons (Fsp3) is 0.545. The minimum atomic E-state index is -0.147. The molecule has 1 aliphatic carbocycles. The number of hydrogen-bond acceptors (Lipinski definition) is 2. The van der Waals surface area contributed by atoms with Crippen molar-refractivity contribution in [1.82, 2.24) is 9.80 Å². The molecule has 1 N–H and O–H groups in total. The molecular formula is C22H30ClN3O2. The predicted octanol–water partition coefficient (Wildman–Crippen LogP) is 4.64. The second-order valence-electron chi connectivity index (χ2n) is 8.68. The van der Waals surface area contributed by atoms with E-state index in [9.17, 15) is 9.59 Å². The topological polar surface area (TPSA) is 52.7 Å². The molecular weight excluding hydrogens is 374 g/mol. The Morgan fingerprint density at radius 1 is 1.14 bits per heavy atom. The minimum absolute atomic E-state index is 0.0182. The predicted molar refractivity (Wildman–Crippen MR) is 113 cm³/mol. The largest absolute Gasteiger partial charge is 0.341 e. The lowest BCUT2D eigenvalue weighted by atomic mass is 10.1. The quantitative estimate of drug-likeness (QED) is 0.747. The highest BCUT2D eigenvalue weighted by Crippen LogP contribution is 2.60. The van der Waals surface area contributed by atoms with Crippen molar-refractivity contribution in [2.75, 3.05) is 31.5 Å². The standard InChI is InChI=1S/C22H30ClN3O2/c1-15(2)13-18-19(22(18,3)4)20(27)25-9-6-10-26(12-11-25)21(28)24-17-8-5-7-16(23)14-17/h5,7-8,13-14,18-19H,6,9-12H2,1-4H3,(H,24,28)/t18-,19-/m0/s1. The fourth-order valence-electron chi connectivity index (χ4n) is 4.13. The molecule has 0 radical (unpaired) electrons. The highest BCUT2D eigenvalue weighted by atomic mass is 35.5. The Morgan fingerprint density at radius 2 is 1.82 bits per heavy atom. The van der Waals surface area contributed by atoms with Crippen LogP contribution in [0.2, 0.25) is 5.02 Å². The summed E-state index contributed by atoms with van der Waals surface area (Å²) >= 11 is 5.98. The van der Waals surface area contributed by atoms with Crippen LogP contribution in [0.15, 0.2) is 35.9 Å². The Bertz CT molecular complexity index is 786. The summed E-state index contributed by atoms with van der Waals surface area (Å²) in [5.74, 6) is 0.592. The zero-order valence-electron chi connectivity index (χ0n) is 17.2. The lowest BCUT2D eigenvalue weighted by molar-refractivity contribution is -0.133. The molecule has 6 heteroatoms. The van der Waals surface area contributed by atoms with Crippen molar-refractivity contribution in [2.24, 2.45) is 17.3 Å². The summed E-state index contributed by atoms with van der Waals surface area (Å²) in [5.41, 5.74) is 1.96. The minimum Gasteiger partial charge on any atom is -0.341 e. The first-order valence-corrected chi connectivity index (χ1v) is 10.3. The fourth-order valence-corrected chi connectivity index (χ4v) is 4.32. The Balaban J connectivity index is 1.58. The first-order chi connectivity index (χ1) is 13.2. The molecule has 152 valence electrons. The second-order valence-corrected chi connectivity index (χ2v) is 9.11. The molecule has 28 heavy (non-hydrogen) atoms. The van der Waals surface area contributed by atoms with Crippen LogP contribution in [0.4, 0.5) is 10.5 Å². The van der Waals surface area contributed by atoms with E-state index in [0.29, 0.717) is 42.8 Å². The Kier molecular flexibility index (Phi) is 6.04. The van der Waals surface area contributed by atoms with Crippen LogP contribution < -0.4 is 5.32 Å². The SMILES string of the molecule is CC(C)=C[C@H]1[C@@H](C(=O)N2CCCN(C(=O)Nc3cccc(Cl)c3)CC2)C1(C)C. The van der Waals surface area contributed by atoms with Crippen LogP contribution in [-0.2, 0) is 4.79 Å². The number of nitrogens with one attached hydrogen (secondary N) is 1. The molecule has 1 saturated heterocycles. The van der Waals surface area contributed by atoms with Crippen molar-refractivity contribution in [3.63, 3.8) is 0 Å². The summed E-state index contributed by atoms with van der Waals surface area (Å²) < 4.78 is 0. The van der Waals surface area contributed by atoms with Crippen LogP contribution in [0.5, 0.6) is 0 Å². The molecule has 3 amide bonds. The van der Waals surface area contributed by atoms with E-state index in [4.69, 9.17) is 11.6 Å². The maximum absolute atomic E-state index is 13.1. The van der Waals surface area contributed by atoms with Crippen molar-refractivity contribution in [3.8, 4) is 0 Å². The van der Waals surface area contributed by atoms with Crippen LogP contribution in [-0.4, -0.2) is 47.9 Å². The molecule has 1 aromatic rings. The van der Waals surface area contributed by atoms with Crippen molar-refractivity contribution in [1.29, 1.82) is 0 Å². The number of rotatable bonds is 3. The maximum atomic E-state index is 13.1. The van der Waals surface area contributed by atoms with Crippen LogP contribution in [0.1, 0.15) is 34.1 Å². The smallest absolute Gasteiger partial charge is 0.321 e. The van der Waals surface area contributed by atoms with Crippen LogP contribution in [0.25, 0.3) is 0 Å². The van der Waals surface area contributed by atoms with Crippen LogP contribution >= 0.6 is 11.6 Å². The number of halogens is 1. The number of nitrogens with zero attached hydrogens (tertiary/aromatic N) is 2. The molecule has 2 atom stereocenters. The zero-order valence-corrected chi connectivity index (χ0v) is 17.9. The van der Waals surface area contributed by atoms with E-state index < -0.39 is 0 Å². The molecule has 1 heterocycles. The van der Waals surface area contributed by atoms with Gasteiger partial charge < -0.3 is 15.1 Å². The molecule has 1 aromatic carbocycles. The average Bonchev–Trinajstić information content (AvgIpc) is 3.23. The van der Waals surface area contributed by atoms with Gasteiger partial charge in [-0.1, -0.05) is 43.2 Å². The van der Waals surface area contributed by atoms with E-state index >= 15 is 0 Å². The van der Waals surface area contributed by atoms with Crippen LogP contribution in [0, 0.1) is 17.3 Å². The molecule has 2 aliphatic rings. The molecule has 0 unspecified atom stereocenters. The molecule has 0 aromatic heterocycles. The summed E-state index contributed by atoms with van der Waals surface area (Å²) in [4.78, 5) is 29.4. The number of carbonyl (C=O) groups is 2. The van der Waals surface area contributed by atoms with Gasteiger partial charge in [0.1, 0.15) is 0 Å². The highest BCUT2D eigenvalue weighted by Gasteiger charge is 2.61. The molecule has 0 spiro atoms. The van der Waals surface area contributed by atoms with E-state index in [0.717, 1.165) is 6.42 Å². The third kappa shape index (κ3) is 4.52. The summed E-state index contributed by atoms with van der Waals surface area (Å²) in [6, 6.07) is 6.97. The van der Waals surface area contributed by atoms with Crippen LogP contribution in [0.3, 0.4) is 0 Å². The summed E-state index contributed by atoms with van der Waals surface area (Å²) in [6.45, 7) is 11.0. The van der Waals surface area contributed by atoms with Gasteiger partial charge >= 0.3 is 6.03 Å². The van der Waals surface area contributed by atoms with Crippen molar-refractivity contribution < 1.29 is 9.59 Å². The van der Waals surface area contributed by atoms with Crippen molar-refractivity contribution in [2.45, 2.75) is 34.1 Å². The monoisotopic (exact) mass is 403 g/mol. The molecule has 1 saturated carbocycles. The first-order valence-electron chi connectivity index (χ1n) is 9.95. The van der Waals surface area contributed by atoms with E-state index in [1.54, 1.807) is 23.1 Å².